The van der Waals surface area contributed by atoms with Crippen molar-refractivity contribution >= 4 is 11.2 Å². The Labute approximate surface area is 97.1 Å². The first-order valence-corrected chi connectivity index (χ1v) is 5.46. The number of hydrogen-bond donors (Lipinski definition) is 1. The van der Waals surface area contributed by atoms with Gasteiger partial charge in [-0.2, -0.15) is 0 Å². The highest BCUT2D eigenvalue weighted by Crippen LogP contribution is 2.05. The monoisotopic (exact) mass is 237 g/mol. The summed E-state index contributed by atoms with van der Waals surface area (Å²) in [5, 5.41) is 0. The summed E-state index contributed by atoms with van der Waals surface area (Å²) >= 11 is 0. The average Bonchev–Trinajstić information content (AvgIpc) is 2.71. The van der Waals surface area contributed by atoms with Crippen LogP contribution in [0.3, 0.4) is 0 Å². The molecule has 0 spiro atoms. The van der Waals surface area contributed by atoms with Gasteiger partial charge in [0.25, 0.3) is 5.56 Å². The summed E-state index contributed by atoms with van der Waals surface area (Å²) in [4.78, 5) is 28.0. The molecule has 2 rings (SSSR count). The molecule has 0 fully saturated rings. The number of imidazole rings is 1. The molecule has 0 unspecified atom stereocenters. The van der Waals surface area contributed by atoms with E-state index in [4.69, 9.17) is 5.73 Å². The van der Waals surface area contributed by atoms with Crippen LogP contribution in [-0.2, 0) is 20.1 Å². The number of hydrogen-bond acceptors (Lipinski definition) is 4. The van der Waals surface area contributed by atoms with E-state index in [0.29, 0.717) is 30.8 Å². The van der Waals surface area contributed by atoms with Gasteiger partial charge in [0.2, 0.25) is 0 Å². The third-order valence-corrected chi connectivity index (χ3v) is 2.79. The fourth-order valence-corrected chi connectivity index (χ4v) is 1.90. The zero-order chi connectivity index (χ0) is 12.6. The molecule has 0 aromatic carbocycles. The molecule has 7 heteroatoms. The van der Waals surface area contributed by atoms with Crippen molar-refractivity contribution in [3.05, 3.63) is 27.2 Å². The van der Waals surface area contributed by atoms with Crippen molar-refractivity contribution < 1.29 is 0 Å². The van der Waals surface area contributed by atoms with Crippen molar-refractivity contribution in [1.29, 1.82) is 0 Å². The third kappa shape index (κ3) is 1.59. The lowest BCUT2D eigenvalue weighted by Crippen LogP contribution is -2.38. The zero-order valence-electron chi connectivity index (χ0n) is 9.88. The summed E-state index contributed by atoms with van der Waals surface area (Å²) in [7, 11) is 1.47. The predicted molar refractivity (Wildman–Crippen MR) is 64.0 cm³/mol. The summed E-state index contributed by atoms with van der Waals surface area (Å²) in [6.45, 7) is 3.24. The average molecular weight is 237 g/mol. The Morgan fingerprint density at radius 3 is 2.71 bits per heavy atom. The van der Waals surface area contributed by atoms with Gasteiger partial charge in [-0.25, -0.2) is 9.78 Å². The number of nitrogens with two attached hydrogens (primary N) is 1. The molecule has 2 aromatic heterocycles. The first-order chi connectivity index (χ1) is 8.11. The van der Waals surface area contributed by atoms with E-state index in [1.54, 1.807) is 10.9 Å². The van der Waals surface area contributed by atoms with E-state index in [0.717, 1.165) is 4.57 Å². The predicted octanol–water partition coefficient (Wildman–Crippen LogP) is -1.12. The second-order valence-corrected chi connectivity index (χ2v) is 3.79. The van der Waals surface area contributed by atoms with E-state index in [-0.39, 0.29) is 11.2 Å². The minimum atomic E-state index is -0.344. The molecule has 0 amide bonds. The molecule has 0 atom stereocenters. The highest BCUT2D eigenvalue weighted by atomic mass is 16.2. The van der Waals surface area contributed by atoms with Gasteiger partial charge in [0.05, 0.1) is 6.33 Å². The fourth-order valence-electron chi connectivity index (χ4n) is 1.90. The van der Waals surface area contributed by atoms with Gasteiger partial charge in [-0.15, -0.1) is 0 Å². The summed E-state index contributed by atoms with van der Waals surface area (Å²) in [5.74, 6) is 0. The maximum atomic E-state index is 12.0. The standard InChI is InChI=1S/C10H15N5O2/c1-3-15-8-7(9(16)13(2)10(15)17)14(5-4-11)6-12-8/h6H,3-5,11H2,1-2H3. The van der Waals surface area contributed by atoms with Gasteiger partial charge >= 0.3 is 5.69 Å². The fraction of sp³-hybridized carbons (Fsp3) is 0.500. The molecule has 7 nitrogen and oxygen atoms in total. The van der Waals surface area contributed by atoms with Gasteiger partial charge in [-0.05, 0) is 6.92 Å². The topological polar surface area (TPSA) is 87.8 Å². The van der Waals surface area contributed by atoms with Gasteiger partial charge in [-0.3, -0.25) is 13.9 Å². The van der Waals surface area contributed by atoms with Crippen LogP contribution in [0.15, 0.2) is 15.9 Å². The first-order valence-electron chi connectivity index (χ1n) is 5.46. The minimum absolute atomic E-state index is 0.333. The normalized spacial score (nSPS) is 11.2. The number of aromatic nitrogens is 4. The molecule has 2 N–H and O–H groups in total. The van der Waals surface area contributed by atoms with E-state index in [2.05, 4.69) is 4.98 Å². The van der Waals surface area contributed by atoms with Gasteiger partial charge in [0.15, 0.2) is 11.2 Å². The zero-order valence-corrected chi connectivity index (χ0v) is 9.88. The Morgan fingerprint density at radius 1 is 1.41 bits per heavy atom. The number of rotatable bonds is 3. The smallest absolute Gasteiger partial charge is 0.329 e. The van der Waals surface area contributed by atoms with Crippen molar-refractivity contribution in [2.45, 2.75) is 20.0 Å². The molecule has 2 aromatic rings. The van der Waals surface area contributed by atoms with E-state index in [1.807, 2.05) is 6.92 Å². The van der Waals surface area contributed by atoms with Gasteiger partial charge in [-0.1, -0.05) is 0 Å². The van der Waals surface area contributed by atoms with Gasteiger partial charge in [0, 0.05) is 26.7 Å². The van der Waals surface area contributed by atoms with Crippen LogP contribution in [0.4, 0.5) is 0 Å². The number of nitrogens with zero attached hydrogens (tertiary/aromatic N) is 4. The molecule has 0 radical (unpaired) electrons. The molecule has 0 aliphatic carbocycles. The number of fused-ring (bicyclic) bond motifs is 1. The summed E-state index contributed by atoms with van der Waals surface area (Å²) in [6.07, 6.45) is 1.55. The Morgan fingerprint density at radius 2 is 2.12 bits per heavy atom. The molecule has 0 bridgehead atoms. The highest BCUT2D eigenvalue weighted by Gasteiger charge is 2.14. The lowest BCUT2D eigenvalue weighted by molar-refractivity contribution is 0.647. The second kappa shape index (κ2) is 4.17. The molecule has 0 saturated heterocycles. The van der Waals surface area contributed by atoms with Crippen LogP contribution in [0, 0.1) is 0 Å². The van der Waals surface area contributed by atoms with Crippen molar-refractivity contribution in [1.82, 2.24) is 18.7 Å². The molecule has 2 heterocycles. The van der Waals surface area contributed by atoms with Crippen LogP contribution < -0.4 is 17.0 Å². The quantitative estimate of drug-likeness (QED) is 0.732. The van der Waals surface area contributed by atoms with Crippen LogP contribution in [0.1, 0.15) is 6.92 Å². The summed E-state index contributed by atoms with van der Waals surface area (Å²) in [5.41, 5.74) is 5.65. The molecule has 17 heavy (non-hydrogen) atoms. The van der Waals surface area contributed by atoms with E-state index < -0.39 is 0 Å². The summed E-state index contributed by atoms with van der Waals surface area (Å²) < 4.78 is 4.26. The highest BCUT2D eigenvalue weighted by molar-refractivity contribution is 5.70. The van der Waals surface area contributed by atoms with Crippen molar-refractivity contribution in [3.8, 4) is 0 Å². The molecule has 0 saturated carbocycles. The molecule has 92 valence electrons. The van der Waals surface area contributed by atoms with Crippen LogP contribution in [0.2, 0.25) is 0 Å². The van der Waals surface area contributed by atoms with E-state index in [9.17, 15) is 9.59 Å². The van der Waals surface area contributed by atoms with Crippen LogP contribution in [-0.4, -0.2) is 25.2 Å². The SMILES string of the molecule is CCn1c(=O)n(C)c(=O)c2c1ncn2CCN. The summed E-state index contributed by atoms with van der Waals surface area (Å²) in [6, 6.07) is 0. The van der Waals surface area contributed by atoms with E-state index in [1.165, 1.54) is 11.6 Å². The molecule has 0 aliphatic heterocycles. The second-order valence-electron chi connectivity index (χ2n) is 3.79. The maximum Gasteiger partial charge on any atom is 0.332 e. The van der Waals surface area contributed by atoms with Gasteiger partial charge in [0.1, 0.15) is 0 Å². The Balaban J connectivity index is 2.93. The maximum absolute atomic E-state index is 12.0. The minimum Gasteiger partial charge on any atom is -0.329 e. The Hall–Kier alpha value is -1.89. The van der Waals surface area contributed by atoms with Crippen molar-refractivity contribution in [2.24, 2.45) is 12.8 Å². The van der Waals surface area contributed by atoms with Crippen molar-refractivity contribution in [3.63, 3.8) is 0 Å². The van der Waals surface area contributed by atoms with Gasteiger partial charge < -0.3 is 10.3 Å². The van der Waals surface area contributed by atoms with E-state index >= 15 is 0 Å². The largest absolute Gasteiger partial charge is 0.332 e. The lowest BCUT2D eigenvalue weighted by Gasteiger charge is -2.07. The first kappa shape index (κ1) is 11.6. The Kier molecular flexibility index (Phi) is 2.84. The van der Waals surface area contributed by atoms with Crippen LogP contribution in [0.25, 0.3) is 11.2 Å². The van der Waals surface area contributed by atoms with Crippen LogP contribution in [0.5, 0.6) is 0 Å². The molecular weight excluding hydrogens is 222 g/mol. The lowest BCUT2D eigenvalue weighted by atomic mass is 10.4. The molecular formula is C10H15N5O2. The van der Waals surface area contributed by atoms with Crippen molar-refractivity contribution in [2.75, 3.05) is 6.54 Å². The number of aryl methyl sites for hydroxylation is 1. The Bertz CT molecular complexity index is 664. The third-order valence-electron chi connectivity index (χ3n) is 2.79. The molecule has 0 aliphatic rings. The van der Waals surface area contributed by atoms with Crippen LogP contribution >= 0.6 is 0 Å².